The number of carbonyl (C=O) groups is 1. The Hall–Kier alpha value is -2.42. The lowest BCUT2D eigenvalue weighted by Crippen LogP contribution is -2.21. The molecule has 1 N–H and O–H groups in total. The summed E-state index contributed by atoms with van der Waals surface area (Å²) in [6.45, 7) is 0. The number of fused-ring (bicyclic) bond motifs is 1. The Balaban J connectivity index is 1.72. The fraction of sp³-hybridized carbons (Fsp3) is 0.0526. The number of Topliss-reactive ketones (excluding diaryl/α,β-unsaturated/α-hetero) is 1. The third-order valence-corrected chi connectivity index (χ3v) is 5.75. The first-order valence-corrected chi connectivity index (χ1v) is 10.3. The smallest absolute Gasteiger partial charge is 0.269 e. The molecule has 0 fully saturated rings. The van der Waals surface area contributed by atoms with Gasteiger partial charge >= 0.3 is 0 Å². The summed E-state index contributed by atoms with van der Waals surface area (Å²) in [6, 6.07) is 14.0. The molecule has 0 aliphatic heterocycles. The maximum atomic E-state index is 13.0. The number of hydrogen-bond acceptors (Lipinski definition) is 5. The van der Waals surface area contributed by atoms with Crippen LogP contribution in [0, 0.1) is 0 Å². The lowest BCUT2D eigenvalue weighted by Gasteiger charge is -2.11. The zero-order valence-corrected chi connectivity index (χ0v) is 17.4. The Labute approximate surface area is 177 Å². The number of hydrogen-bond donors (Lipinski definition) is 1. The van der Waals surface area contributed by atoms with Crippen LogP contribution in [-0.4, -0.2) is 31.3 Å². The molecule has 0 aliphatic rings. The monoisotopic (exact) mass is 474 g/mol. The lowest BCUT2D eigenvalue weighted by molar-refractivity contribution is 0.102. The van der Waals surface area contributed by atoms with Crippen LogP contribution < -0.4 is 5.56 Å². The summed E-state index contributed by atoms with van der Waals surface area (Å²) in [5.74, 6) is 0.0486. The van der Waals surface area contributed by atoms with Crippen LogP contribution >= 0.6 is 39.3 Å². The third-order valence-electron chi connectivity index (χ3n) is 4.03. The van der Waals surface area contributed by atoms with E-state index < -0.39 is 0 Å². The molecule has 0 spiro atoms. The number of H-pyrrole nitrogens is 1. The van der Waals surface area contributed by atoms with E-state index in [0.29, 0.717) is 32.5 Å². The van der Waals surface area contributed by atoms with Crippen LogP contribution in [-0.2, 0) is 0 Å². The Morgan fingerprint density at radius 1 is 1.14 bits per heavy atom. The Morgan fingerprint density at radius 2 is 1.86 bits per heavy atom. The van der Waals surface area contributed by atoms with Crippen molar-refractivity contribution in [2.75, 3.05) is 5.75 Å². The number of halogens is 2. The largest absolute Gasteiger partial charge is 0.293 e. The fourth-order valence-corrected chi connectivity index (χ4v) is 3.93. The number of aromatic amines is 1. The van der Waals surface area contributed by atoms with E-state index in [1.54, 1.807) is 24.3 Å². The zero-order chi connectivity index (χ0) is 19.7. The van der Waals surface area contributed by atoms with Crippen molar-refractivity contribution in [2.24, 2.45) is 0 Å². The van der Waals surface area contributed by atoms with Crippen LogP contribution in [0.15, 0.2) is 69.2 Å². The van der Waals surface area contributed by atoms with E-state index >= 15 is 0 Å². The minimum Gasteiger partial charge on any atom is -0.293 e. The number of nitrogens with zero attached hydrogens (tertiary/aromatic N) is 3. The van der Waals surface area contributed by atoms with Crippen LogP contribution in [0.4, 0.5) is 0 Å². The van der Waals surface area contributed by atoms with E-state index in [1.807, 2.05) is 24.3 Å². The second kappa shape index (κ2) is 7.90. The summed E-state index contributed by atoms with van der Waals surface area (Å²) in [4.78, 5) is 30.0. The quantitative estimate of drug-likeness (QED) is 0.261. The molecule has 0 radical (unpaired) electrons. The number of ketones is 1. The van der Waals surface area contributed by atoms with Gasteiger partial charge in [-0.2, -0.15) is 5.10 Å². The van der Waals surface area contributed by atoms with Gasteiger partial charge in [-0.15, -0.1) is 0 Å². The van der Waals surface area contributed by atoms with E-state index in [0.717, 1.165) is 4.47 Å². The minimum atomic E-state index is -0.248. The van der Waals surface area contributed by atoms with Gasteiger partial charge in [0.2, 0.25) is 0 Å². The van der Waals surface area contributed by atoms with E-state index in [2.05, 4.69) is 31.1 Å². The molecule has 0 aliphatic carbocycles. The van der Waals surface area contributed by atoms with Crippen molar-refractivity contribution in [2.45, 2.75) is 5.16 Å². The number of nitrogens with one attached hydrogen (secondary N) is 1. The third kappa shape index (κ3) is 3.76. The Bertz CT molecular complexity index is 1220. The topological polar surface area (TPSA) is 80.6 Å². The highest BCUT2D eigenvalue weighted by molar-refractivity contribution is 9.10. The van der Waals surface area contributed by atoms with Gasteiger partial charge in [0, 0.05) is 15.1 Å². The minimum absolute atomic E-state index is 0.0806. The summed E-state index contributed by atoms with van der Waals surface area (Å²) in [5.41, 5.74) is 1.35. The highest BCUT2D eigenvalue weighted by atomic mass is 79.9. The molecular weight excluding hydrogens is 464 g/mol. The van der Waals surface area contributed by atoms with Crippen molar-refractivity contribution >= 4 is 56.1 Å². The van der Waals surface area contributed by atoms with Gasteiger partial charge in [0.05, 0.1) is 17.6 Å². The predicted molar refractivity (Wildman–Crippen MR) is 114 cm³/mol. The van der Waals surface area contributed by atoms with Crippen molar-refractivity contribution in [1.29, 1.82) is 0 Å². The van der Waals surface area contributed by atoms with Gasteiger partial charge in [-0.1, -0.05) is 39.3 Å². The van der Waals surface area contributed by atoms with Gasteiger partial charge in [0.25, 0.3) is 5.56 Å². The van der Waals surface area contributed by atoms with Crippen LogP contribution in [0.5, 0.6) is 0 Å². The number of carbonyl (C=O) groups excluding carboxylic acids is 1. The number of rotatable bonds is 5. The molecule has 140 valence electrons. The molecule has 0 atom stereocenters. The molecular formula is C19H12BrClN4O2S. The fourth-order valence-electron chi connectivity index (χ4n) is 2.64. The highest BCUT2D eigenvalue weighted by Crippen LogP contribution is 2.23. The first kappa shape index (κ1) is 18.9. The molecule has 6 nitrogen and oxygen atoms in total. The standard InChI is InChI=1S/C19H12BrClN4O2S/c20-12-3-7-14(8-4-12)25-18(27)15-9-22-24-17(15)23-19(25)28-10-16(26)11-1-5-13(21)6-2-11/h1-9H,10H2,(H,22,24). The van der Waals surface area contributed by atoms with Crippen molar-refractivity contribution < 1.29 is 4.79 Å². The molecule has 2 aromatic carbocycles. The van der Waals surface area contributed by atoms with Crippen LogP contribution in [0.3, 0.4) is 0 Å². The summed E-state index contributed by atoms with van der Waals surface area (Å²) in [7, 11) is 0. The van der Waals surface area contributed by atoms with Gasteiger partial charge < -0.3 is 0 Å². The van der Waals surface area contributed by atoms with Crippen molar-refractivity contribution in [3.05, 3.63) is 80.1 Å². The zero-order valence-electron chi connectivity index (χ0n) is 14.2. The Kier molecular flexibility index (Phi) is 5.34. The molecule has 0 unspecified atom stereocenters. The van der Waals surface area contributed by atoms with Crippen LogP contribution in [0.25, 0.3) is 16.7 Å². The molecule has 28 heavy (non-hydrogen) atoms. The van der Waals surface area contributed by atoms with Crippen LogP contribution in [0.2, 0.25) is 5.02 Å². The van der Waals surface area contributed by atoms with Crippen molar-refractivity contribution in [3.63, 3.8) is 0 Å². The van der Waals surface area contributed by atoms with Gasteiger partial charge in [-0.3, -0.25) is 19.3 Å². The molecule has 0 amide bonds. The summed E-state index contributed by atoms with van der Waals surface area (Å²) in [6.07, 6.45) is 1.45. The average Bonchev–Trinajstić information content (AvgIpc) is 3.17. The Morgan fingerprint density at radius 3 is 2.57 bits per heavy atom. The SMILES string of the molecule is O=C(CSc1nc2[nH]ncc2c(=O)n1-c1ccc(Br)cc1)c1ccc(Cl)cc1. The lowest BCUT2D eigenvalue weighted by atomic mass is 10.1. The predicted octanol–water partition coefficient (Wildman–Crippen LogP) is 4.50. The first-order valence-electron chi connectivity index (χ1n) is 8.16. The summed E-state index contributed by atoms with van der Waals surface area (Å²) in [5, 5.41) is 7.99. The summed E-state index contributed by atoms with van der Waals surface area (Å²) >= 11 is 10.5. The molecule has 2 aromatic heterocycles. The van der Waals surface area contributed by atoms with E-state index in [-0.39, 0.29) is 17.1 Å². The highest BCUT2D eigenvalue weighted by Gasteiger charge is 2.16. The van der Waals surface area contributed by atoms with E-state index in [1.165, 1.54) is 22.5 Å². The average molecular weight is 476 g/mol. The molecule has 0 saturated heterocycles. The molecule has 2 heterocycles. The molecule has 4 aromatic rings. The maximum absolute atomic E-state index is 13.0. The number of benzene rings is 2. The van der Waals surface area contributed by atoms with Gasteiger partial charge in [0.15, 0.2) is 16.6 Å². The van der Waals surface area contributed by atoms with Gasteiger partial charge in [-0.05, 0) is 48.5 Å². The van der Waals surface area contributed by atoms with E-state index in [4.69, 9.17) is 11.6 Å². The molecule has 4 rings (SSSR count). The maximum Gasteiger partial charge on any atom is 0.269 e. The second-order valence-corrected chi connectivity index (χ2v) is 8.16. The first-order chi connectivity index (χ1) is 13.5. The van der Waals surface area contributed by atoms with Crippen molar-refractivity contribution in [1.82, 2.24) is 19.7 Å². The van der Waals surface area contributed by atoms with Crippen molar-refractivity contribution in [3.8, 4) is 5.69 Å². The number of thioether (sulfide) groups is 1. The normalized spacial score (nSPS) is 11.1. The van der Waals surface area contributed by atoms with Gasteiger partial charge in [-0.25, -0.2) is 4.98 Å². The van der Waals surface area contributed by atoms with E-state index in [9.17, 15) is 9.59 Å². The summed E-state index contributed by atoms with van der Waals surface area (Å²) < 4.78 is 2.39. The van der Waals surface area contributed by atoms with Gasteiger partial charge in [0.1, 0.15) is 5.39 Å². The second-order valence-electron chi connectivity index (χ2n) is 5.86. The molecule has 0 saturated carbocycles. The number of aromatic nitrogens is 4. The van der Waals surface area contributed by atoms with Crippen LogP contribution in [0.1, 0.15) is 10.4 Å². The molecule has 9 heteroatoms. The molecule has 0 bridgehead atoms.